The van der Waals surface area contributed by atoms with Crippen molar-refractivity contribution in [3.63, 3.8) is 0 Å². The number of aryl methyl sites for hydroxylation is 2. The highest BCUT2D eigenvalue weighted by Crippen LogP contribution is 2.26. The molecule has 0 fully saturated rings. The Bertz CT molecular complexity index is 917. The lowest BCUT2D eigenvalue weighted by atomic mass is 10.1. The first-order valence-corrected chi connectivity index (χ1v) is 6.54. The van der Waals surface area contributed by atoms with Gasteiger partial charge in [0.05, 0.1) is 5.69 Å². The Labute approximate surface area is 125 Å². The fourth-order valence-electron chi connectivity index (χ4n) is 2.38. The van der Waals surface area contributed by atoms with Crippen molar-refractivity contribution < 1.29 is 14.4 Å². The number of hydrogen-bond donors (Lipinski definition) is 1. The third kappa shape index (κ3) is 2.12. The number of para-hydroxylation sites is 1. The number of benzene rings is 1. The number of aromatic nitrogens is 3. The number of rotatable bonds is 3. The predicted octanol–water partition coefficient (Wildman–Crippen LogP) is 1.84. The summed E-state index contributed by atoms with van der Waals surface area (Å²) in [6.45, 7) is 1.82. The molecule has 0 aliphatic heterocycles. The van der Waals surface area contributed by atoms with Gasteiger partial charge in [-0.05, 0) is 13.0 Å². The third-order valence-corrected chi connectivity index (χ3v) is 3.37. The van der Waals surface area contributed by atoms with Gasteiger partial charge >= 0.3 is 11.7 Å². The highest BCUT2D eigenvalue weighted by Gasteiger charge is 2.17. The Balaban J connectivity index is 2.22. The number of aromatic carboxylic acids is 1. The fraction of sp³-hybridized carbons (Fsp3) is 0.133. The number of nitrogens with zero attached hydrogens (tertiary/aromatic N) is 3. The van der Waals surface area contributed by atoms with E-state index in [4.69, 9.17) is 9.63 Å². The van der Waals surface area contributed by atoms with Crippen molar-refractivity contribution in [3.05, 3.63) is 58.5 Å². The van der Waals surface area contributed by atoms with Crippen LogP contribution in [0.5, 0.6) is 0 Å². The van der Waals surface area contributed by atoms with Gasteiger partial charge in [0.15, 0.2) is 0 Å². The van der Waals surface area contributed by atoms with E-state index in [1.165, 1.54) is 10.6 Å². The maximum Gasteiger partial charge on any atom is 0.374 e. The molecule has 0 radical (unpaired) electrons. The first-order valence-electron chi connectivity index (χ1n) is 6.54. The summed E-state index contributed by atoms with van der Waals surface area (Å²) in [5.74, 6) is -1.44. The molecular weight excluding hydrogens is 286 g/mol. The van der Waals surface area contributed by atoms with Gasteiger partial charge in [-0.2, -0.15) is 0 Å². The van der Waals surface area contributed by atoms with Gasteiger partial charge in [-0.1, -0.05) is 23.4 Å². The molecule has 0 bridgehead atoms. The summed E-state index contributed by atoms with van der Waals surface area (Å²) in [6, 6.07) is 8.47. The second-order valence-electron chi connectivity index (χ2n) is 4.90. The van der Waals surface area contributed by atoms with Gasteiger partial charge in [-0.3, -0.25) is 4.57 Å². The Morgan fingerprint density at radius 2 is 2.05 bits per heavy atom. The van der Waals surface area contributed by atoms with Crippen LogP contribution in [0, 0.1) is 6.92 Å². The van der Waals surface area contributed by atoms with Gasteiger partial charge in [-0.15, -0.1) is 0 Å². The second kappa shape index (κ2) is 5.03. The van der Waals surface area contributed by atoms with E-state index in [-0.39, 0.29) is 11.4 Å². The largest absolute Gasteiger partial charge is 0.475 e. The molecule has 112 valence electrons. The summed E-state index contributed by atoms with van der Waals surface area (Å²) in [5, 5.41) is 12.7. The molecule has 2 heterocycles. The van der Waals surface area contributed by atoms with Crippen LogP contribution in [0.25, 0.3) is 16.9 Å². The average molecular weight is 299 g/mol. The van der Waals surface area contributed by atoms with E-state index in [1.807, 2.05) is 6.92 Å². The molecule has 0 aliphatic carbocycles. The van der Waals surface area contributed by atoms with Crippen molar-refractivity contribution in [1.82, 2.24) is 14.3 Å². The van der Waals surface area contributed by atoms with E-state index in [0.29, 0.717) is 16.9 Å². The van der Waals surface area contributed by atoms with E-state index in [9.17, 15) is 9.59 Å². The van der Waals surface area contributed by atoms with Gasteiger partial charge in [-0.25, -0.2) is 9.59 Å². The maximum atomic E-state index is 12.3. The molecule has 1 aromatic carbocycles. The van der Waals surface area contributed by atoms with E-state index < -0.39 is 5.97 Å². The Hall–Kier alpha value is -3.09. The molecule has 1 N–H and O–H groups in total. The average Bonchev–Trinajstić information content (AvgIpc) is 3.06. The molecule has 0 saturated heterocycles. The molecule has 0 aliphatic rings. The number of imidazole rings is 1. The molecule has 3 rings (SSSR count). The third-order valence-electron chi connectivity index (χ3n) is 3.37. The summed E-state index contributed by atoms with van der Waals surface area (Å²) >= 11 is 0. The molecule has 0 atom stereocenters. The number of carboxylic acid groups (broad SMARTS) is 1. The smallest absolute Gasteiger partial charge is 0.374 e. The van der Waals surface area contributed by atoms with Crippen LogP contribution in [0.2, 0.25) is 0 Å². The van der Waals surface area contributed by atoms with Gasteiger partial charge in [0.2, 0.25) is 5.76 Å². The van der Waals surface area contributed by atoms with E-state index in [0.717, 1.165) is 5.69 Å². The molecule has 0 amide bonds. The van der Waals surface area contributed by atoms with Crippen LogP contribution in [0.4, 0.5) is 0 Å². The molecule has 2 aromatic heterocycles. The maximum absolute atomic E-state index is 12.3. The predicted molar refractivity (Wildman–Crippen MR) is 78.2 cm³/mol. The first-order chi connectivity index (χ1) is 10.5. The number of carboxylic acids is 1. The first kappa shape index (κ1) is 13.9. The minimum atomic E-state index is -1.19. The van der Waals surface area contributed by atoms with Crippen LogP contribution < -0.4 is 5.69 Å². The standard InChI is InChI=1S/C15H13N3O4/c1-9-8-17(2)15(21)18(9)12-6-4-3-5-10(12)11-7-13(14(19)20)22-16-11/h3-8H,1-2H3,(H,19,20). The number of carbonyl (C=O) groups is 1. The molecule has 7 nitrogen and oxygen atoms in total. The van der Waals surface area contributed by atoms with Crippen molar-refractivity contribution in [2.45, 2.75) is 6.92 Å². The van der Waals surface area contributed by atoms with Crippen LogP contribution in [0.15, 0.2) is 45.8 Å². The molecule has 22 heavy (non-hydrogen) atoms. The molecule has 0 saturated carbocycles. The molecular formula is C15H13N3O4. The zero-order valence-corrected chi connectivity index (χ0v) is 12.0. The Kier molecular flexibility index (Phi) is 3.17. The van der Waals surface area contributed by atoms with Crippen molar-refractivity contribution in [3.8, 4) is 16.9 Å². The van der Waals surface area contributed by atoms with Gasteiger partial charge < -0.3 is 14.2 Å². The molecule has 7 heteroatoms. The van der Waals surface area contributed by atoms with E-state index in [2.05, 4.69) is 5.16 Å². The molecule has 0 spiro atoms. The van der Waals surface area contributed by atoms with Gasteiger partial charge in [0.1, 0.15) is 5.69 Å². The summed E-state index contributed by atoms with van der Waals surface area (Å²) in [5.41, 5.74) is 2.18. The summed E-state index contributed by atoms with van der Waals surface area (Å²) < 4.78 is 7.82. The zero-order valence-electron chi connectivity index (χ0n) is 12.0. The molecule has 3 aromatic rings. The van der Waals surface area contributed by atoms with E-state index in [1.54, 1.807) is 42.1 Å². The lowest BCUT2D eigenvalue weighted by molar-refractivity contribution is 0.0652. The highest BCUT2D eigenvalue weighted by atomic mass is 16.5. The topological polar surface area (TPSA) is 90.3 Å². The highest BCUT2D eigenvalue weighted by molar-refractivity contribution is 5.86. The second-order valence-corrected chi connectivity index (χ2v) is 4.90. The summed E-state index contributed by atoms with van der Waals surface area (Å²) in [6.07, 6.45) is 1.73. The van der Waals surface area contributed by atoms with Crippen LogP contribution in [0.1, 0.15) is 16.2 Å². The Morgan fingerprint density at radius 3 is 2.64 bits per heavy atom. The molecule has 0 unspecified atom stereocenters. The quantitative estimate of drug-likeness (QED) is 0.797. The van der Waals surface area contributed by atoms with Crippen LogP contribution >= 0.6 is 0 Å². The van der Waals surface area contributed by atoms with Crippen molar-refractivity contribution >= 4 is 5.97 Å². The van der Waals surface area contributed by atoms with Gasteiger partial charge in [0.25, 0.3) is 0 Å². The zero-order chi connectivity index (χ0) is 15.9. The lowest BCUT2D eigenvalue weighted by Gasteiger charge is -2.08. The lowest BCUT2D eigenvalue weighted by Crippen LogP contribution is -2.21. The van der Waals surface area contributed by atoms with Crippen LogP contribution in [-0.2, 0) is 7.05 Å². The number of hydrogen-bond acceptors (Lipinski definition) is 4. The fourth-order valence-corrected chi connectivity index (χ4v) is 2.38. The van der Waals surface area contributed by atoms with Crippen LogP contribution in [0.3, 0.4) is 0 Å². The van der Waals surface area contributed by atoms with Crippen molar-refractivity contribution in [1.29, 1.82) is 0 Å². The van der Waals surface area contributed by atoms with Gasteiger partial charge in [0, 0.05) is 30.6 Å². The summed E-state index contributed by atoms with van der Waals surface area (Å²) in [7, 11) is 1.67. The minimum Gasteiger partial charge on any atom is -0.475 e. The van der Waals surface area contributed by atoms with Crippen LogP contribution in [-0.4, -0.2) is 25.4 Å². The minimum absolute atomic E-state index is 0.188. The van der Waals surface area contributed by atoms with Crippen molar-refractivity contribution in [2.24, 2.45) is 7.05 Å². The SMILES string of the molecule is Cc1cn(C)c(=O)n1-c1ccccc1-c1cc(C(=O)O)on1. The Morgan fingerprint density at radius 1 is 1.32 bits per heavy atom. The monoisotopic (exact) mass is 299 g/mol. The van der Waals surface area contributed by atoms with Crippen molar-refractivity contribution in [2.75, 3.05) is 0 Å². The normalized spacial score (nSPS) is 10.8. The summed E-state index contributed by atoms with van der Waals surface area (Å²) in [4.78, 5) is 23.2. The van der Waals surface area contributed by atoms with E-state index >= 15 is 0 Å².